The van der Waals surface area contributed by atoms with Crippen molar-refractivity contribution < 1.29 is 5.11 Å². The summed E-state index contributed by atoms with van der Waals surface area (Å²) in [6.07, 6.45) is 5.55. The average molecular weight is 259 g/mol. The molecule has 2 nitrogen and oxygen atoms in total. The summed E-state index contributed by atoms with van der Waals surface area (Å²) in [5.41, 5.74) is 2.53. The summed E-state index contributed by atoms with van der Waals surface area (Å²) in [6.45, 7) is 4.08. The highest BCUT2D eigenvalue weighted by molar-refractivity contribution is 5.33. The van der Waals surface area contributed by atoms with E-state index in [0.29, 0.717) is 11.8 Å². The minimum absolute atomic E-state index is 0.357. The third-order valence-corrected chi connectivity index (χ3v) is 5.20. The van der Waals surface area contributed by atoms with Crippen molar-refractivity contribution in [2.24, 2.45) is 5.92 Å². The first-order chi connectivity index (χ1) is 9.19. The molecule has 1 aromatic carbocycles. The number of aliphatic hydroxyl groups is 1. The van der Waals surface area contributed by atoms with Gasteiger partial charge in [0.2, 0.25) is 0 Å². The van der Waals surface area contributed by atoms with Crippen molar-refractivity contribution >= 4 is 0 Å². The monoisotopic (exact) mass is 259 g/mol. The minimum atomic E-state index is -0.472. The van der Waals surface area contributed by atoms with Crippen molar-refractivity contribution in [1.82, 2.24) is 5.32 Å². The third-order valence-electron chi connectivity index (χ3n) is 5.20. The molecular weight excluding hydrogens is 234 g/mol. The maximum absolute atomic E-state index is 11.0. The summed E-state index contributed by atoms with van der Waals surface area (Å²) < 4.78 is 0. The lowest BCUT2D eigenvalue weighted by atomic mass is 9.71. The molecule has 1 aliphatic carbocycles. The zero-order valence-corrected chi connectivity index (χ0v) is 11.9. The predicted molar refractivity (Wildman–Crippen MR) is 78.3 cm³/mol. The number of hydrogen-bond donors (Lipinski definition) is 2. The molecule has 3 rings (SSSR count). The highest BCUT2D eigenvalue weighted by Crippen LogP contribution is 2.40. The first-order valence-electron chi connectivity index (χ1n) is 7.70. The number of nitrogens with one attached hydrogen (secondary N) is 1. The third kappa shape index (κ3) is 2.56. The second-order valence-corrected chi connectivity index (χ2v) is 6.45. The van der Waals surface area contributed by atoms with E-state index in [9.17, 15) is 5.11 Å². The molecule has 1 aliphatic heterocycles. The molecule has 3 unspecified atom stereocenters. The van der Waals surface area contributed by atoms with Crippen LogP contribution in [0, 0.1) is 5.92 Å². The highest BCUT2D eigenvalue weighted by atomic mass is 16.3. The van der Waals surface area contributed by atoms with Crippen LogP contribution in [-0.2, 0) is 6.42 Å². The molecule has 1 fully saturated rings. The molecule has 1 saturated heterocycles. The fraction of sp³-hybridized carbons (Fsp3) is 0.647. The molecule has 2 N–H and O–H groups in total. The fourth-order valence-electron chi connectivity index (χ4n) is 3.86. The van der Waals surface area contributed by atoms with E-state index in [2.05, 4.69) is 36.5 Å². The Morgan fingerprint density at radius 3 is 3.05 bits per heavy atom. The molecule has 0 spiro atoms. The van der Waals surface area contributed by atoms with Gasteiger partial charge in [-0.1, -0.05) is 31.2 Å². The molecule has 1 aromatic rings. The number of rotatable bonds is 2. The van der Waals surface area contributed by atoms with Crippen molar-refractivity contribution in [3.8, 4) is 0 Å². The normalized spacial score (nSPS) is 34.8. The van der Waals surface area contributed by atoms with Gasteiger partial charge in [0.25, 0.3) is 0 Å². The highest BCUT2D eigenvalue weighted by Gasteiger charge is 2.39. The quantitative estimate of drug-likeness (QED) is 0.856. The van der Waals surface area contributed by atoms with E-state index in [4.69, 9.17) is 0 Å². The van der Waals surface area contributed by atoms with Crippen molar-refractivity contribution in [1.29, 1.82) is 0 Å². The van der Waals surface area contributed by atoms with Crippen LogP contribution < -0.4 is 5.32 Å². The Kier molecular flexibility index (Phi) is 3.64. The molecule has 0 radical (unpaired) electrons. The van der Waals surface area contributed by atoms with Gasteiger partial charge in [-0.05, 0) is 61.6 Å². The Bertz CT molecular complexity index is 445. The lowest BCUT2D eigenvalue weighted by Crippen LogP contribution is -2.49. The second kappa shape index (κ2) is 5.26. The van der Waals surface area contributed by atoms with Crippen LogP contribution in [0.1, 0.15) is 49.7 Å². The van der Waals surface area contributed by atoms with Crippen LogP contribution in [0.5, 0.6) is 0 Å². The van der Waals surface area contributed by atoms with E-state index < -0.39 is 5.60 Å². The maximum Gasteiger partial charge on any atom is 0.0703 e. The van der Waals surface area contributed by atoms with Gasteiger partial charge < -0.3 is 10.4 Å². The van der Waals surface area contributed by atoms with Crippen molar-refractivity contribution in [3.05, 3.63) is 35.4 Å². The summed E-state index contributed by atoms with van der Waals surface area (Å²) in [7, 11) is 0. The van der Waals surface area contributed by atoms with Gasteiger partial charge in [-0.25, -0.2) is 0 Å². The van der Waals surface area contributed by atoms with Crippen LogP contribution in [0.25, 0.3) is 0 Å². The Hall–Kier alpha value is -0.860. The van der Waals surface area contributed by atoms with E-state index in [1.807, 2.05) is 0 Å². The van der Waals surface area contributed by atoms with Gasteiger partial charge in [-0.2, -0.15) is 0 Å². The lowest BCUT2D eigenvalue weighted by molar-refractivity contribution is -0.0468. The fourth-order valence-corrected chi connectivity index (χ4v) is 3.86. The number of benzene rings is 1. The van der Waals surface area contributed by atoms with Crippen LogP contribution in [0.2, 0.25) is 0 Å². The number of aryl methyl sites for hydroxylation is 1. The van der Waals surface area contributed by atoms with E-state index in [1.54, 1.807) is 0 Å². The smallest absolute Gasteiger partial charge is 0.0703 e. The Morgan fingerprint density at radius 1 is 1.37 bits per heavy atom. The van der Waals surface area contributed by atoms with Crippen LogP contribution in [0.4, 0.5) is 0 Å². The van der Waals surface area contributed by atoms with Crippen LogP contribution in [-0.4, -0.2) is 23.8 Å². The van der Waals surface area contributed by atoms with Gasteiger partial charge in [-0.15, -0.1) is 0 Å². The van der Waals surface area contributed by atoms with Crippen LogP contribution in [0.15, 0.2) is 24.3 Å². The molecule has 104 valence electrons. The van der Waals surface area contributed by atoms with E-state index in [0.717, 1.165) is 25.9 Å². The molecule has 0 bridgehead atoms. The summed E-state index contributed by atoms with van der Waals surface area (Å²) in [5, 5.41) is 14.4. The zero-order chi connectivity index (χ0) is 13.3. The topological polar surface area (TPSA) is 32.3 Å². The molecule has 0 saturated carbocycles. The first-order valence-corrected chi connectivity index (χ1v) is 7.70. The molecule has 1 heterocycles. The van der Waals surface area contributed by atoms with Crippen molar-refractivity contribution in [2.45, 2.75) is 50.5 Å². The number of fused-ring (bicyclic) bond motifs is 1. The van der Waals surface area contributed by atoms with Gasteiger partial charge in [-0.3, -0.25) is 0 Å². The van der Waals surface area contributed by atoms with Gasteiger partial charge in [0.15, 0.2) is 0 Å². The summed E-state index contributed by atoms with van der Waals surface area (Å²) in [5.74, 6) is 0.908. The molecule has 0 amide bonds. The maximum atomic E-state index is 11.0. The minimum Gasteiger partial charge on any atom is -0.389 e. The van der Waals surface area contributed by atoms with E-state index >= 15 is 0 Å². The SMILES string of the molecule is CC1CNCCC1(O)CC1CCCc2ccccc21. The predicted octanol–water partition coefficient (Wildman–Crippen LogP) is 2.86. The molecule has 3 atom stereocenters. The van der Waals surface area contributed by atoms with Crippen LogP contribution in [0.3, 0.4) is 0 Å². The summed E-state index contributed by atoms with van der Waals surface area (Å²) >= 11 is 0. The van der Waals surface area contributed by atoms with Crippen molar-refractivity contribution in [2.75, 3.05) is 13.1 Å². The number of piperidine rings is 1. The lowest BCUT2D eigenvalue weighted by Gasteiger charge is -2.42. The van der Waals surface area contributed by atoms with Crippen molar-refractivity contribution in [3.63, 3.8) is 0 Å². The summed E-state index contributed by atoms with van der Waals surface area (Å²) in [6, 6.07) is 8.82. The molecule has 2 aliphatic rings. The second-order valence-electron chi connectivity index (χ2n) is 6.45. The molecule has 2 heteroatoms. The summed E-state index contributed by atoms with van der Waals surface area (Å²) in [4.78, 5) is 0. The standard InChI is InChI=1S/C17H25NO/c1-13-12-18-10-9-17(13,19)11-15-7-4-6-14-5-2-3-8-16(14)15/h2-3,5,8,13,15,18-19H,4,6-7,9-12H2,1H3. The Morgan fingerprint density at radius 2 is 2.21 bits per heavy atom. The van der Waals surface area contributed by atoms with Crippen LogP contribution >= 0.6 is 0 Å². The van der Waals surface area contributed by atoms with E-state index in [-0.39, 0.29) is 0 Å². The average Bonchev–Trinajstić information content (AvgIpc) is 2.43. The van der Waals surface area contributed by atoms with Gasteiger partial charge in [0.1, 0.15) is 0 Å². The largest absolute Gasteiger partial charge is 0.389 e. The number of hydrogen-bond acceptors (Lipinski definition) is 2. The molecule has 0 aromatic heterocycles. The zero-order valence-electron chi connectivity index (χ0n) is 11.9. The van der Waals surface area contributed by atoms with Gasteiger partial charge in [0.05, 0.1) is 5.60 Å². The molecule has 19 heavy (non-hydrogen) atoms. The first kappa shape index (κ1) is 13.1. The molecular formula is C17H25NO. The Balaban J connectivity index is 1.80. The van der Waals surface area contributed by atoms with Gasteiger partial charge >= 0.3 is 0 Å². The van der Waals surface area contributed by atoms with E-state index in [1.165, 1.54) is 30.4 Å². The Labute approximate surface area is 116 Å². The van der Waals surface area contributed by atoms with Gasteiger partial charge in [0, 0.05) is 6.54 Å².